The molecule has 0 radical (unpaired) electrons. The lowest BCUT2D eigenvalue weighted by Gasteiger charge is -2.31. The van der Waals surface area contributed by atoms with Crippen LogP contribution >= 0.6 is 0 Å². The minimum atomic E-state index is 0.881. The van der Waals surface area contributed by atoms with Crippen molar-refractivity contribution in [1.82, 2.24) is 4.98 Å². The predicted octanol–water partition coefficient (Wildman–Crippen LogP) is 3.38. The van der Waals surface area contributed by atoms with Gasteiger partial charge in [0.2, 0.25) is 0 Å². The van der Waals surface area contributed by atoms with E-state index in [4.69, 9.17) is 0 Å². The van der Waals surface area contributed by atoms with Gasteiger partial charge in [-0.05, 0) is 43.5 Å². The van der Waals surface area contributed by atoms with Gasteiger partial charge in [0, 0.05) is 31.2 Å². The molecule has 0 unspecified atom stereocenters. The fourth-order valence-electron chi connectivity index (χ4n) is 2.88. The molecule has 3 nitrogen and oxygen atoms in total. The predicted molar refractivity (Wildman–Crippen MR) is 84.3 cm³/mol. The Hall–Kier alpha value is -2.03. The lowest BCUT2D eigenvalue weighted by molar-refractivity contribution is 0.683. The van der Waals surface area contributed by atoms with E-state index in [-0.39, 0.29) is 0 Å². The van der Waals surface area contributed by atoms with Crippen LogP contribution in [0.25, 0.3) is 0 Å². The minimum Gasteiger partial charge on any atom is -0.388 e. The normalized spacial score (nSPS) is 14.0. The topological polar surface area (TPSA) is 28.2 Å². The van der Waals surface area contributed by atoms with Crippen molar-refractivity contribution in [2.75, 3.05) is 23.8 Å². The first kappa shape index (κ1) is 13.0. The summed E-state index contributed by atoms with van der Waals surface area (Å²) in [6, 6.07) is 10.9. The molecule has 0 bridgehead atoms. The van der Waals surface area contributed by atoms with Crippen molar-refractivity contribution in [3.8, 4) is 0 Å². The summed E-state index contributed by atoms with van der Waals surface area (Å²) in [5.74, 6) is 0. The number of rotatable bonds is 3. The standard InChI is InChI=1S/C17H21N3/c1-13-5-6-17-14(10-13)4-3-9-20(17)12-16-11-15(18-2)7-8-19-16/h5-8,10-11H,3-4,9,12H2,1-2H3,(H,18,19). The second kappa shape index (κ2) is 5.53. The first-order chi connectivity index (χ1) is 9.76. The highest BCUT2D eigenvalue weighted by Gasteiger charge is 2.17. The molecule has 1 aromatic heterocycles. The van der Waals surface area contributed by atoms with E-state index >= 15 is 0 Å². The molecule has 0 fully saturated rings. The Bertz CT molecular complexity index is 607. The SMILES string of the molecule is CNc1ccnc(CN2CCCc3cc(C)ccc32)c1. The molecule has 1 aromatic carbocycles. The van der Waals surface area contributed by atoms with Gasteiger partial charge >= 0.3 is 0 Å². The summed E-state index contributed by atoms with van der Waals surface area (Å²) in [6.45, 7) is 4.16. The van der Waals surface area contributed by atoms with Crippen molar-refractivity contribution in [3.63, 3.8) is 0 Å². The zero-order chi connectivity index (χ0) is 13.9. The molecule has 0 aliphatic carbocycles. The molecule has 3 rings (SSSR count). The maximum Gasteiger partial charge on any atom is 0.0617 e. The van der Waals surface area contributed by atoms with Gasteiger partial charge in [0.15, 0.2) is 0 Å². The first-order valence-corrected chi connectivity index (χ1v) is 7.23. The zero-order valence-electron chi connectivity index (χ0n) is 12.2. The van der Waals surface area contributed by atoms with E-state index in [1.165, 1.54) is 29.7 Å². The molecule has 0 spiro atoms. The summed E-state index contributed by atoms with van der Waals surface area (Å²) >= 11 is 0. The lowest BCUT2D eigenvalue weighted by Crippen LogP contribution is -2.29. The highest BCUT2D eigenvalue weighted by atomic mass is 15.1. The molecule has 1 aliphatic heterocycles. The Morgan fingerprint density at radius 3 is 3.00 bits per heavy atom. The van der Waals surface area contributed by atoms with Gasteiger partial charge in [-0.3, -0.25) is 4.98 Å². The summed E-state index contributed by atoms with van der Waals surface area (Å²) in [5, 5.41) is 3.17. The Labute approximate surface area is 120 Å². The molecule has 2 aromatic rings. The van der Waals surface area contributed by atoms with Crippen LogP contribution in [0.5, 0.6) is 0 Å². The Morgan fingerprint density at radius 2 is 2.15 bits per heavy atom. The van der Waals surface area contributed by atoms with Gasteiger partial charge in [-0.2, -0.15) is 0 Å². The Morgan fingerprint density at radius 1 is 1.25 bits per heavy atom. The molecule has 2 heterocycles. The number of anilines is 2. The highest BCUT2D eigenvalue weighted by molar-refractivity contribution is 5.57. The maximum atomic E-state index is 4.49. The largest absolute Gasteiger partial charge is 0.388 e. The molecule has 0 amide bonds. The number of pyridine rings is 1. The van der Waals surface area contributed by atoms with Crippen molar-refractivity contribution in [1.29, 1.82) is 0 Å². The molecule has 0 saturated carbocycles. The van der Waals surface area contributed by atoms with E-state index in [2.05, 4.69) is 46.4 Å². The van der Waals surface area contributed by atoms with Crippen molar-refractivity contribution in [2.45, 2.75) is 26.3 Å². The van der Waals surface area contributed by atoms with Crippen LogP contribution in [0.15, 0.2) is 36.5 Å². The Kier molecular flexibility index (Phi) is 3.59. The van der Waals surface area contributed by atoms with Crippen LogP contribution in [-0.4, -0.2) is 18.6 Å². The number of nitrogens with zero attached hydrogens (tertiary/aromatic N) is 2. The molecule has 3 heteroatoms. The van der Waals surface area contributed by atoms with Crippen molar-refractivity contribution < 1.29 is 0 Å². The molecule has 0 atom stereocenters. The van der Waals surface area contributed by atoms with Gasteiger partial charge in [-0.1, -0.05) is 17.7 Å². The zero-order valence-corrected chi connectivity index (χ0v) is 12.2. The van der Waals surface area contributed by atoms with E-state index in [0.717, 1.165) is 24.5 Å². The Balaban J connectivity index is 1.85. The van der Waals surface area contributed by atoms with E-state index < -0.39 is 0 Å². The minimum absolute atomic E-state index is 0.881. The number of benzene rings is 1. The average Bonchev–Trinajstić information content (AvgIpc) is 2.47. The van der Waals surface area contributed by atoms with Gasteiger partial charge in [-0.15, -0.1) is 0 Å². The molecular formula is C17H21N3. The third-order valence-electron chi connectivity index (χ3n) is 3.91. The van der Waals surface area contributed by atoms with Crippen LogP contribution < -0.4 is 10.2 Å². The molecule has 0 saturated heterocycles. The van der Waals surface area contributed by atoms with E-state index in [1.54, 1.807) is 0 Å². The van der Waals surface area contributed by atoms with Crippen molar-refractivity contribution >= 4 is 11.4 Å². The van der Waals surface area contributed by atoms with Crippen LogP contribution in [0, 0.1) is 6.92 Å². The molecule has 1 aliphatic rings. The van der Waals surface area contributed by atoms with Crippen LogP contribution in [-0.2, 0) is 13.0 Å². The number of nitrogens with one attached hydrogen (secondary N) is 1. The molecule has 104 valence electrons. The van der Waals surface area contributed by atoms with Crippen LogP contribution in [0.3, 0.4) is 0 Å². The number of fused-ring (bicyclic) bond motifs is 1. The van der Waals surface area contributed by atoms with Crippen molar-refractivity contribution in [2.24, 2.45) is 0 Å². The van der Waals surface area contributed by atoms with Crippen LogP contribution in [0.2, 0.25) is 0 Å². The maximum absolute atomic E-state index is 4.49. The number of hydrogen-bond acceptors (Lipinski definition) is 3. The number of aryl methyl sites for hydroxylation is 2. The fourth-order valence-corrected chi connectivity index (χ4v) is 2.88. The van der Waals surface area contributed by atoms with Gasteiger partial charge in [0.1, 0.15) is 0 Å². The summed E-state index contributed by atoms with van der Waals surface area (Å²) in [5.41, 5.74) is 6.43. The van der Waals surface area contributed by atoms with Gasteiger partial charge in [0.05, 0.1) is 12.2 Å². The summed E-state index contributed by atoms with van der Waals surface area (Å²) in [4.78, 5) is 6.93. The van der Waals surface area contributed by atoms with Crippen LogP contribution in [0.4, 0.5) is 11.4 Å². The molecule has 20 heavy (non-hydrogen) atoms. The van der Waals surface area contributed by atoms with Crippen LogP contribution in [0.1, 0.15) is 23.2 Å². The molecule has 1 N–H and O–H groups in total. The van der Waals surface area contributed by atoms with Gasteiger partial charge < -0.3 is 10.2 Å². The number of hydrogen-bond donors (Lipinski definition) is 1. The van der Waals surface area contributed by atoms with E-state index in [1.807, 2.05) is 19.3 Å². The molecular weight excluding hydrogens is 246 g/mol. The lowest BCUT2D eigenvalue weighted by atomic mass is 9.99. The van der Waals surface area contributed by atoms with Crippen molar-refractivity contribution in [3.05, 3.63) is 53.3 Å². The second-order valence-corrected chi connectivity index (χ2v) is 5.44. The van der Waals surface area contributed by atoms with E-state index in [9.17, 15) is 0 Å². The third kappa shape index (κ3) is 2.62. The van der Waals surface area contributed by atoms with Gasteiger partial charge in [0.25, 0.3) is 0 Å². The van der Waals surface area contributed by atoms with Gasteiger partial charge in [-0.25, -0.2) is 0 Å². The summed E-state index contributed by atoms with van der Waals surface area (Å²) in [7, 11) is 1.94. The monoisotopic (exact) mass is 267 g/mol. The summed E-state index contributed by atoms with van der Waals surface area (Å²) < 4.78 is 0. The van der Waals surface area contributed by atoms with E-state index in [0.29, 0.717) is 0 Å². The average molecular weight is 267 g/mol. The second-order valence-electron chi connectivity index (χ2n) is 5.44. The third-order valence-corrected chi connectivity index (χ3v) is 3.91. The quantitative estimate of drug-likeness (QED) is 0.924. The highest BCUT2D eigenvalue weighted by Crippen LogP contribution is 2.29. The summed E-state index contributed by atoms with van der Waals surface area (Å²) in [6.07, 6.45) is 4.29. The smallest absolute Gasteiger partial charge is 0.0617 e. The number of aromatic nitrogens is 1. The fraction of sp³-hybridized carbons (Fsp3) is 0.353. The first-order valence-electron chi connectivity index (χ1n) is 7.23.